The van der Waals surface area contributed by atoms with Gasteiger partial charge in [-0.15, -0.1) is 0 Å². The molecule has 2 nitrogen and oxygen atoms in total. The van der Waals surface area contributed by atoms with Crippen molar-refractivity contribution in [1.29, 1.82) is 0 Å². The van der Waals surface area contributed by atoms with Gasteiger partial charge in [0.25, 0.3) is 0 Å². The van der Waals surface area contributed by atoms with Crippen molar-refractivity contribution in [1.82, 2.24) is 0 Å². The average Bonchev–Trinajstić information content (AvgIpc) is 2.02. The van der Waals surface area contributed by atoms with Gasteiger partial charge in [0.15, 0.2) is 0 Å². The molecule has 1 fully saturated rings. The molecule has 2 rings (SSSR count). The van der Waals surface area contributed by atoms with Crippen molar-refractivity contribution in [2.24, 2.45) is 0 Å². The third-order valence-electron chi connectivity index (χ3n) is 2.74. The van der Waals surface area contributed by atoms with E-state index in [-0.39, 0.29) is 52.8 Å². The second-order valence-electron chi connectivity index (χ2n) is 3.52. The van der Waals surface area contributed by atoms with Crippen LogP contribution in [0, 0.1) is 0 Å². The maximum absolute atomic E-state index is 10.9. The van der Waals surface area contributed by atoms with Crippen LogP contribution < -0.4 is 51.4 Å². The topological polar surface area (TPSA) is 37.3 Å². The van der Waals surface area contributed by atoms with Crippen LogP contribution in [-0.2, 0) is 0 Å². The fourth-order valence-corrected chi connectivity index (χ4v) is 1.77. The number of rotatable bonds is 2. The van der Waals surface area contributed by atoms with Crippen molar-refractivity contribution in [3.8, 4) is 0 Å². The number of aromatic carboxylic acids is 1. The van der Waals surface area contributed by atoms with E-state index in [9.17, 15) is 4.79 Å². The molecule has 0 aliphatic heterocycles. The number of carboxylic acids is 1. The summed E-state index contributed by atoms with van der Waals surface area (Å²) in [4.78, 5) is 10.9. The minimum Gasteiger partial charge on any atom is -1.00 e. The smallest absolute Gasteiger partial charge is 1.00 e. The van der Waals surface area contributed by atoms with Crippen LogP contribution in [0.2, 0.25) is 0 Å². The first kappa shape index (κ1) is 12.4. The Labute approximate surface area is 128 Å². The largest absolute Gasteiger partial charge is 1.00 e. The summed E-state index contributed by atoms with van der Waals surface area (Å²) in [6.45, 7) is 0. The molecule has 0 amide bonds. The zero-order chi connectivity index (χ0) is 9.26. The third kappa shape index (κ3) is 2.47. The third-order valence-corrected chi connectivity index (χ3v) is 2.74. The molecule has 0 spiro atoms. The first-order valence-corrected chi connectivity index (χ1v) is 4.61. The molecule has 1 aliphatic rings. The number of carbonyl (C=O) groups is 1. The molecule has 0 saturated heterocycles. The van der Waals surface area contributed by atoms with E-state index in [2.05, 4.69) is 0 Å². The number of carboxylic acid groups (broad SMARTS) is 1. The van der Waals surface area contributed by atoms with Gasteiger partial charge < -0.3 is 6.53 Å². The molecule has 70 valence electrons. The van der Waals surface area contributed by atoms with Gasteiger partial charge in [0, 0.05) is 0 Å². The van der Waals surface area contributed by atoms with E-state index < -0.39 is 5.97 Å². The summed E-state index contributed by atoms with van der Waals surface area (Å²) in [5.41, 5.74) is 1.49. The van der Waals surface area contributed by atoms with Crippen LogP contribution in [0.3, 0.4) is 0 Å². The molecule has 14 heavy (non-hydrogen) atoms. The number of benzene rings is 1. The van der Waals surface area contributed by atoms with Gasteiger partial charge in [0.05, 0.1) is 5.56 Å². The summed E-state index contributed by atoms with van der Waals surface area (Å²) in [6, 6.07) is 7.33. The van der Waals surface area contributed by atoms with E-state index in [4.69, 9.17) is 5.11 Å². The Morgan fingerprint density at radius 2 is 2.00 bits per heavy atom. The van der Waals surface area contributed by atoms with E-state index >= 15 is 0 Å². The van der Waals surface area contributed by atoms with Gasteiger partial charge in [-0.1, -0.05) is 24.6 Å². The first-order chi connectivity index (χ1) is 6.29. The molecule has 1 saturated carbocycles. The Bertz CT molecular complexity index is 337. The zero-order valence-electron chi connectivity index (χ0n) is 9.36. The minimum atomic E-state index is -0.803. The summed E-state index contributed by atoms with van der Waals surface area (Å²) in [7, 11) is 0. The summed E-state index contributed by atoms with van der Waals surface area (Å²) >= 11 is 0. The van der Waals surface area contributed by atoms with Crippen LogP contribution >= 0.6 is 0 Å². The Kier molecular flexibility index (Phi) is 4.80. The maximum Gasteiger partial charge on any atom is 1.00 e. The van der Waals surface area contributed by atoms with Crippen molar-refractivity contribution in [3.63, 3.8) is 0 Å². The molecule has 1 aromatic rings. The fourth-order valence-electron chi connectivity index (χ4n) is 1.77. The minimum absolute atomic E-state index is 0. The number of hydrogen-bond acceptors (Lipinski definition) is 1. The molecular weight excluding hydrogens is 203 g/mol. The van der Waals surface area contributed by atoms with Crippen molar-refractivity contribution >= 4 is 5.97 Å². The maximum atomic E-state index is 10.9. The summed E-state index contributed by atoms with van der Waals surface area (Å²) < 4.78 is 0. The van der Waals surface area contributed by atoms with Crippen LogP contribution in [0.5, 0.6) is 0 Å². The first-order valence-electron chi connectivity index (χ1n) is 4.61. The van der Waals surface area contributed by atoms with Crippen LogP contribution in [0.15, 0.2) is 24.3 Å². The molecule has 0 bridgehead atoms. The van der Waals surface area contributed by atoms with Crippen molar-refractivity contribution in [3.05, 3.63) is 35.4 Å². The van der Waals surface area contributed by atoms with Gasteiger partial charge in [-0.2, -0.15) is 0 Å². The number of hydrogen-bond donors (Lipinski definition) is 1. The molecule has 1 aliphatic carbocycles. The van der Waals surface area contributed by atoms with Gasteiger partial charge in [0.1, 0.15) is 0 Å². The van der Waals surface area contributed by atoms with E-state index in [1.807, 2.05) is 12.1 Å². The van der Waals surface area contributed by atoms with Gasteiger partial charge in [-0.25, -0.2) is 4.79 Å². The zero-order valence-corrected chi connectivity index (χ0v) is 11.5. The standard InChI is InChI=1S/C11H12O2.K.H/c12-11(13)10-7-2-1-6-9(10)8-4-3-5-8;;/h1-2,6-8H,3-5H2,(H,12,13);;/q;+1;-1. The Balaban J connectivity index is 0.000000980. The second-order valence-corrected chi connectivity index (χ2v) is 3.52. The molecule has 0 unspecified atom stereocenters. The fraction of sp³-hybridized carbons (Fsp3) is 0.364. The van der Waals surface area contributed by atoms with Crippen molar-refractivity contribution in [2.75, 3.05) is 0 Å². The van der Waals surface area contributed by atoms with Crippen LogP contribution in [0.1, 0.15) is 42.5 Å². The molecular formula is C11H13KO2. The van der Waals surface area contributed by atoms with Crippen molar-refractivity contribution < 1.29 is 62.7 Å². The van der Waals surface area contributed by atoms with Crippen LogP contribution in [0.4, 0.5) is 0 Å². The molecule has 1 N–H and O–H groups in total. The summed E-state index contributed by atoms with van der Waals surface area (Å²) in [6.07, 6.45) is 3.52. The van der Waals surface area contributed by atoms with Gasteiger partial charge >= 0.3 is 57.4 Å². The van der Waals surface area contributed by atoms with Crippen molar-refractivity contribution in [2.45, 2.75) is 25.2 Å². The van der Waals surface area contributed by atoms with E-state index in [1.54, 1.807) is 12.1 Å². The van der Waals surface area contributed by atoms with E-state index in [0.717, 1.165) is 18.4 Å². The second kappa shape index (κ2) is 5.42. The molecule has 0 radical (unpaired) electrons. The monoisotopic (exact) mass is 216 g/mol. The predicted molar refractivity (Wildman–Crippen MR) is 51.1 cm³/mol. The average molecular weight is 216 g/mol. The van der Waals surface area contributed by atoms with Gasteiger partial charge in [-0.3, -0.25) is 0 Å². The van der Waals surface area contributed by atoms with Crippen LogP contribution in [0.25, 0.3) is 0 Å². The molecule has 3 heteroatoms. The normalized spacial score (nSPS) is 15.4. The SMILES string of the molecule is O=C(O)c1ccccc1C1CCC1.[H-].[K+]. The Hall–Kier alpha value is 0.326. The molecule has 0 aromatic heterocycles. The summed E-state index contributed by atoms with van der Waals surface area (Å²) in [5.74, 6) is -0.310. The molecule has 1 aromatic carbocycles. The molecule has 0 heterocycles. The van der Waals surface area contributed by atoms with Gasteiger partial charge in [0.2, 0.25) is 0 Å². The Morgan fingerprint density at radius 3 is 2.50 bits per heavy atom. The predicted octanol–water partition coefficient (Wildman–Crippen LogP) is -0.231. The van der Waals surface area contributed by atoms with E-state index in [1.165, 1.54) is 6.42 Å². The quantitative estimate of drug-likeness (QED) is 0.693. The van der Waals surface area contributed by atoms with Crippen LogP contribution in [-0.4, -0.2) is 11.1 Å². The van der Waals surface area contributed by atoms with Gasteiger partial charge in [-0.05, 0) is 30.4 Å². The van der Waals surface area contributed by atoms with E-state index in [0.29, 0.717) is 11.5 Å². The summed E-state index contributed by atoms with van der Waals surface area (Å²) in [5, 5.41) is 8.93. The molecule has 0 atom stereocenters. The Morgan fingerprint density at radius 1 is 1.36 bits per heavy atom.